The van der Waals surface area contributed by atoms with Crippen LogP contribution in [0.1, 0.15) is 5.56 Å². The first-order chi connectivity index (χ1) is 10.9. The molecule has 23 heavy (non-hydrogen) atoms. The molecule has 0 saturated carbocycles. The number of hydrogen-bond acceptors (Lipinski definition) is 3. The number of aromatic nitrogens is 1. The predicted octanol–water partition coefficient (Wildman–Crippen LogP) is 1.58. The van der Waals surface area contributed by atoms with Gasteiger partial charge < -0.3 is 15.6 Å². The van der Waals surface area contributed by atoms with Crippen molar-refractivity contribution >= 4 is 49.7 Å². The summed E-state index contributed by atoms with van der Waals surface area (Å²) in [6, 6.07) is 7.81. The van der Waals surface area contributed by atoms with Crippen LogP contribution in [0.15, 0.2) is 30.5 Å². The second kappa shape index (κ2) is 6.67. The lowest BCUT2D eigenvalue weighted by molar-refractivity contribution is 0.600. The molecule has 1 aromatic carbocycles. The second-order valence-electron chi connectivity index (χ2n) is 5.71. The number of sulfone groups is 1. The lowest BCUT2D eigenvalue weighted by atomic mass is 10.1. The summed E-state index contributed by atoms with van der Waals surface area (Å²) in [7, 11) is -3.06. The van der Waals surface area contributed by atoms with Gasteiger partial charge in [-0.25, -0.2) is 8.42 Å². The third-order valence-electron chi connectivity index (χ3n) is 3.95. The van der Waals surface area contributed by atoms with E-state index in [0.29, 0.717) is 11.7 Å². The van der Waals surface area contributed by atoms with Crippen molar-refractivity contribution in [3.63, 3.8) is 0 Å². The predicted molar refractivity (Wildman–Crippen MR) is 97.8 cm³/mol. The standard InChI is InChI=1S/C15H18ClN3O2S2/c16-12-8-23(20,21)9-14(12)19-15(22)17-6-5-10-7-18-13-4-2-1-3-11(10)13/h1-4,7,12,14,18H,5-6,8-9H2,(H2,17,19,22)/t12-,14-/m0/s1. The molecule has 0 bridgehead atoms. The smallest absolute Gasteiger partial charge is 0.166 e. The van der Waals surface area contributed by atoms with Gasteiger partial charge in [-0.3, -0.25) is 0 Å². The van der Waals surface area contributed by atoms with Crippen molar-refractivity contribution in [1.82, 2.24) is 15.6 Å². The van der Waals surface area contributed by atoms with Crippen molar-refractivity contribution in [2.75, 3.05) is 18.1 Å². The van der Waals surface area contributed by atoms with Crippen molar-refractivity contribution < 1.29 is 8.42 Å². The number of benzene rings is 1. The molecular weight excluding hydrogens is 354 g/mol. The number of aromatic amines is 1. The molecule has 0 unspecified atom stereocenters. The molecule has 8 heteroatoms. The zero-order chi connectivity index (χ0) is 16.4. The minimum Gasteiger partial charge on any atom is -0.362 e. The fourth-order valence-corrected chi connectivity index (χ4v) is 5.61. The summed E-state index contributed by atoms with van der Waals surface area (Å²) >= 11 is 11.3. The van der Waals surface area contributed by atoms with Crippen LogP contribution in [0.4, 0.5) is 0 Å². The molecule has 1 aliphatic heterocycles. The van der Waals surface area contributed by atoms with Gasteiger partial charge in [0.1, 0.15) is 0 Å². The van der Waals surface area contributed by atoms with Crippen LogP contribution in [0.2, 0.25) is 0 Å². The van der Waals surface area contributed by atoms with Gasteiger partial charge in [-0.2, -0.15) is 0 Å². The Balaban J connectivity index is 1.50. The van der Waals surface area contributed by atoms with Gasteiger partial charge in [0.05, 0.1) is 22.9 Å². The van der Waals surface area contributed by atoms with Gasteiger partial charge in [0, 0.05) is 23.6 Å². The average Bonchev–Trinajstić information content (AvgIpc) is 3.00. The Morgan fingerprint density at radius 3 is 2.87 bits per heavy atom. The Morgan fingerprint density at radius 2 is 2.13 bits per heavy atom. The largest absolute Gasteiger partial charge is 0.362 e. The van der Waals surface area contributed by atoms with E-state index in [1.54, 1.807) is 0 Å². The topological polar surface area (TPSA) is 74.0 Å². The van der Waals surface area contributed by atoms with E-state index in [4.69, 9.17) is 23.8 Å². The molecule has 1 aliphatic rings. The lowest BCUT2D eigenvalue weighted by Crippen LogP contribution is -2.46. The van der Waals surface area contributed by atoms with E-state index in [1.165, 1.54) is 10.9 Å². The van der Waals surface area contributed by atoms with Crippen LogP contribution < -0.4 is 10.6 Å². The minimum atomic E-state index is -3.06. The van der Waals surface area contributed by atoms with Crippen molar-refractivity contribution in [3.8, 4) is 0 Å². The number of thiocarbonyl (C=S) groups is 1. The summed E-state index contributed by atoms with van der Waals surface area (Å²) in [5.74, 6) is 0.0373. The molecule has 0 spiro atoms. The summed E-state index contributed by atoms with van der Waals surface area (Å²) in [5.41, 5.74) is 2.33. The first kappa shape index (κ1) is 16.5. The number of rotatable bonds is 4. The van der Waals surface area contributed by atoms with Crippen molar-refractivity contribution in [2.45, 2.75) is 17.8 Å². The molecule has 2 atom stereocenters. The highest BCUT2D eigenvalue weighted by Gasteiger charge is 2.36. The van der Waals surface area contributed by atoms with Crippen LogP contribution in [0.25, 0.3) is 10.9 Å². The molecule has 5 nitrogen and oxygen atoms in total. The van der Waals surface area contributed by atoms with Gasteiger partial charge in [-0.05, 0) is 30.3 Å². The number of hydrogen-bond donors (Lipinski definition) is 3. The van der Waals surface area contributed by atoms with Crippen LogP contribution in [-0.4, -0.2) is 48.0 Å². The van der Waals surface area contributed by atoms with Crippen LogP contribution >= 0.6 is 23.8 Å². The van der Waals surface area contributed by atoms with E-state index in [0.717, 1.165) is 11.9 Å². The highest BCUT2D eigenvalue weighted by atomic mass is 35.5. The highest BCUT2D eigenvalue weighted by Crippen LogP contribution is 2.18. The zero-order valence-electron chi connectivity index (χ0n) is 12.4. The quantitative estimate of drug-likeness (QED) is 0.562. The molecule has 1 aromatic heterocycles. The molecule has 1 fully saturated rings. The van der Waals surface area contributed by atoms with E-state index >= 15 is 0 Å². The third kappa shape index (κ3) is 3.97. The van der Waals surface area contributed by atoms with Crippen molar-refractivity contribution in [2.24, 2.45) is 0 Å². The van der Waals surface area contributed by atoms with Gasteiger partial charge in [-0.1, -0.05) is 18.2 Å². The van der Waals surface area contributed by atoms with E-state index in [1.807, 2.05) is 24.4 Å². The number of nitrogens with one attached hydrogen (secondary N) is 3. The molecule has 124 valence electrons. The molecule has 1 saturated heterocycles. The number of H-pyrrole nitrogens is 1. The summed E-state index contributed by atoms with van der Waals surface area (Å²) in [6.45, 7) is 0.667. The van der Waals surface area contributed by atoms with Crippen LogP contribution in [0.3, 0.4) is 0 Å². The maximum Gasteiger partial charge on any atom is 0.166 e. The monoisotopic (exact) mass is 371 g/mol. The Bertz CT molecular complexity index is 819. The van der Waals surface area contributed by atoms with Gasteiger partial charge in [0.15, 0.2) is 14.9 Å². The lowest BCUT2D eigenvalue weighted by Gasteiger charge is -2.17. The van der Waals surface area contributed by atoms with Gasteiger partial charge in [0.2, 0.25) is 0 Å². The van der Waals surface area contributed by atoms with Gasteiger partial charge in [0.25, 0.3) is 0 Å². The molecular formula is C15H18ClN3O2S2. The Kier molecular flexibility index (Phi) is 4.79. The van der Waals surface area contributed by atoms with Crippen molar-refractivity contribution in [1.29, 1.82) is 0 Å². The number of para-hydroxylation sites is 1. The van der Waals surface area contributed by atoms with Crippen LogP contribution in [-0.2, 0) is 16.3 Å². The highest BCUT2D eigenvalue weighted by molar-refractivity contribution is 7.91. The molecule has 2 heterocycles. The normalized spacial score (nSPS) is 23.0. The molecule has 3 rings (SSSR count). The summed E-state index contributed by atoms with van der Waals surface area (Å²) < 4.78 is 23.1. The molecule has 2 aromatic rings. The maximum absolute atomic E-state index is 11.5. The van der Waals surface area contributed by atoms with Crippen LogP contribution in [0, 0.1) is 0 Å². The van der Waals surface area contributed by atoms with E-state index in [2.05, 4.69) is 21.7 Å². The van der Waals surface area contributed by atoms with Crippen LogP contribution in [0.5, 0.6) is 0 Å². The third-order valence-corrected chi connectivity index (χ3v) is 6.59. The first-order valence-electron chi connectivity index (χ1n) is 7.38. The van der Waals surface area contributed by atoms with Gasteiger partial charge >= 0.3 is 0 Å². The molecule has 0 aliphatic carbocycles. The number of halogens is 1. The summed E-state index contributed by atoms with van der Waals surface area (Å²) in [6.07, 6.45) is 2.82. The Labute approximate surface area is 145 Å². The number of fused-ring (bicyclic) bond motifs is 1. The number of alkyl halides is 1. The Morgan fingerprint density at radius 1 is 1.35 bits per heavy atom. The summed E-state index contributed by atoms with van der Waals surface area (Å²) in [4.78, 5) is 3.24. The average molecular weight is 372 g/mol. The zero-order valence-corrected chi connectivity index (χ0v) is 14.8. The molecule has 0 amide bonds. The molecule has 3 N–H and O–H groups in total. The summed E-state index contributed by atoms with van der Waals surface area (Å²) in [5, 5.41) is 7.33. The fourth-order valence-electron chi connectivity index (χ4n) is 2.81. The van der Waals surface area contributed by atoms with Crippen molar-refractivity contribution in [3.05, 3.63) is 36.0 Å². The van der Waals surface area contributed by atoms with Gasteiger partial charge in [-0.15, -0.1) is 11.6 Å². The maximum atomic E-state index is 11.5. The van der Waals surface area contributed by atoms with E-state index in [-0.39, 0.29) is 17.5 Å². The molecule has 0 radical (unpaired) electrons. The van der Waals surface area contributed by atoms with E-state index < -0.39 is 15.2 Å². The fraction of sp³-hybridized carbons (Fsp3) is 0.400. The minimum absolute atomic E-state index is 0.00414. The SMILES string of the molecule is O=S1(=O)C[C@H](NC(=S)NCCc2c[nH]c3ccccc23)[C@@H](Cl)C1. The Hall–Kier alpha value is -1.31. The second-order valence-corrected chi connectivity index (χ2v) is 8.83. The van der Waals surface area contributed by atoms with E-state index in [9.17, 15) is 8.42 Å². The first-order valence-corrected chi connectivity index (χ1v) is 10.0.